The number of nitrogens with zero attached hydrogens (tertiary/aromatic N) is 5. The van der Waals surface area contributed by atoms with Crippen LogP contribution in [0.15, 0.2) is 83.8 Å². The van der Waals surface area contributed by atoms with E-state index in [1.165, 1.54) is 11.5 Å². The zero-order valence-electron chi connectivity index (χ0n) is 24.5. The third-order valence-electron chi connectivity index (χ3n) is 7.95. The quantitative estimate of drug-likeness (QED) is 0.192. The van der Waals surface area contributed by atoms with Gasteiger partial charge in [0.25, 0.3) is 0 Å². The van der Waals surface area contributed by atoms with Crippen molar-refractivity contribution in [3.05, 3.63) is 85.0 Å². The van der Waals surface area contributed by atoms with Crippen LogP contribution in [0, 0.1) is 0 Å². The van der Waals surface area contributed by atoms with Gasteiger partial charge >= 0.3 is 0 Å². The van der Waals surface area contributed by atoms with Crippen LogP contribution < -0.4 is 10.5 Å². The van der Waals surface area contributed by atoms with Crippen LogP contribution in [0.2, 0.25) is 0 Å². The molecule has 6 aromatic rings. The van der Waals surface area contributed by atoms with Crippen molar-refractivity contribution in [2.24, 2.45) is 0 Å². The lowest BCUT2D eigenvalue weighted by Gasteiger charge is -2.31. The highest BCUT2D eigenvalue weighted by Gasteiger charge is 2.24. The summed E-state index contributed by atoms with van der Waals surface area (Å²) < 4.78 is 19.4. The summed E-state index contributed by atoms with van der Waals surface area (Å²) in [5.41, 5.74) is 10.6. The van der Waals surface area contributed by atoms with Crippen molar-refractivity contribution in [2.75, 3.05) is 18.8 Å². The van der Waals surface area contributed by atoms with Gasteiger partial charge in [0, 0.05) is 65.2 Å². The van der Waals surface area contributed by atoms with Crippen molar-refractivity contribution in [3.63, 3.8) is 0 Å². The Morgan fingerprint density at radius 2 is 1.93 bits per heavy atom. The monoisotopic (exact) mass is 604 g/mol. The number of nitrogen functional groups attached to an aromatic ring is 1. The number of fused-ring (bicyclic) bond motifs is 2. The van der Waals surface area contributed by atoms with Gasteiger partial charge in [-0.1, -0.05) is 24.3 Å². The van der Waals surface area contributed by atoms with Gasteiger partial charge in [-0.2, -0.15) is 9.47 Å². The molecular formula is C34H32N6O3S. The third-order valence-corrected chi connectivity index (χ3v) is 8.79. The first-order valence-corrected chi connectivity index (χ1v) is 15.5. The molecule has 4 aromatic heterocycles. The number of furan rings is 1. The molecule has 0 atom stereocenters. The van der Waals surface area contributed by atoms with E-state index in [0.29, 0.717) is 24.5 Å². The molecule has 0 bridgehead atoms. The van der Waals surface area contributed by atoms with Gasteiger partial charge in [-0.05, 0) is 74.1 Å². The van der Waals surface area contributed by atoms with Crippen LogP contribution >= 0.6 is 11.5 Å². The predicted octanol–water partition coefficient (Wildman–Crippen LogP) is 7.21. The van der Waals surface area contributed by atoms with E-state index in [2.05, 4.69) is 15.6 Å². The average Bonchev–Trinajstić information content (AvgIpc) is 3.80. The lowest BCUT2D eigenvalue weighted by atomic mass is 10.0. The summed E-state index contributed by atoms with van der Waals surface area (Å²) in [7, 11) is 0. The van der Waals surface area contributed by atoms with Crippen molar-refractivity contribution in [1.29, 1.82) is 0 Å². The molecule has 10 heteroatoms. The molecule has 7 rings (SSSR count). The van der Waals surface area contributed by atoms with Crippen LogP contribution in [-0.4, -0.2) is 49.1 Å². The molecule has 1 aliphatic heterocycles. The van der Waals surface area contributed by atoms with Crippen molar-refractivity contribution in [2.45, 2.75) is 38.8 Å². The average molecular weight is 605 g/mol. The second-order valence-electron chi connectivity index (χ2n) is 11.3. The van der Waals surface area contributed by atoms with E-state index < -0.39 is 0 Å². The molecule has 0 spiro atoms. The molecule has 1 amide bonds. The van der Waals surface area contributed by atoms with E-state index >= 15 is 0 Å². The lowest BCUT2D eigenvalue weighted by molar-refractivity contribution is -0.127. The summed E-state index contributed by atoms with van der Waals surface area (Å²) >= 11 is 1.44. The van der Waals surface area contributed by atoms with E-state index in [1.807, 2.05) is 90.4 Å². The maximum atomic E-state index is 12.9. The van der Waals surface area contributed by atoms with Gasteiger partial charge in [-0.25, -0.2) is 4.98 Å². The molecule has 0 radical (unpaired) electrons. The van der Waals surface area contributed by atoms with Gasteiger partial charge in [0.05, 0.1) is 23.0 Å². The molecule has 2 aromatic carbocycles. The van der Waals surface area contributed by atoms with Crippen LogP contribution in [0.4, 0.5) is 5.82 Å². The minimum Gasteiger partial charge on any atom is -0.491 e. The molecule has 1 fully saturated rings. The summed E-state index contributed by atoms with van der Waals surface area (Å²) in [4.78, 5) is 19.3. The summed E-state index contributed by atoms with van der Waals surface area (Å²) in [6.45, 7) is 5.33. The number of hydrogen-bond donors (Lipinski definition) is 1. The zero-order valence-corrected chi connectivity index (χ0v) is 25.3. The largest absolute Gasteiger partial charge is 0.491 e. The molecule has 0 saturated carbocycles. The number of ether oxygens (including phenoxy) is 1. The Balaban J connectivity index is 1.05. The van der Waals surface area contributed by atoms with Crippen molar-refractivity contribution in [3.8, 4) is 28.2 Å². The second kappa shape index (κ2) is 11.6. The summed E-state index contributed by atoms with van der Waals surface area (Å²) in [5.74, 6) is 1.89. The number of pyridine rings is 1. The number of piperidine rings is 1. The molecule has 222 valence electrons. The fourth-order valence-corrected chi connectivity index (χ4v) is 6.52. The predicted molar refractivity (Wildman–Crippen MR) is 174 cm³/mol. The first-order chi connectivity index (χ1) is 21.4. The number of nitrogens with two attached hydrogens (primary N) is 1. The second-order valence-corrected chi connectivity index (χ2v) is 12.1. The highest BCUT2D eigenvalue weighted by atomic mass is 32.1. The number of anilines is 1. The highest BCUT2D eigenvalue weighted by molar-refractivity contribution is 7.13. The SMILES string of the molecule is CC(C)Oc1cccc(C=CC(=O)N2CCC(n3cc(-c4cnc(N)c5oc(-c6cccc7cnsc67)cc45)cn3)CC2)c1. The number of carbonyl (C=O) groups is 1. The molecular weight excluding hydrogens is 572 g/mol. The van der Waals surface area contributed by atoms with Crippen LogP contribution in [0.5, 0.6) is 5.75 Å². The van der Waals surface area contributed by atoms with Crippen LogP contribution in [0.25, 0.3) is 49.6 Å². The Morgan fingerprint density at radius 3 is 2.77 bits per heavy atom. The Bertz CT molecular complexity index is 2000. The Hall–Kier alpha value is -4.96. The normalized spacial score (nSPS) is 14.4. The van der Waals surface area contributed by atoms with E-state index in [-0.39, 0.29) is 18.1 Å². The maximum Gasteiger partial charge on any atom is 0.246 e. The summed E-state index contributed by atoms with van der Waals surface area (Å²) in [6.07, 6.45) is 12.8. The topological polar surface area (TPSA) is 112 Å². The van der Waals surface area contributed by atoms with Crippen LogP contribution in [-0.2, 0) is 4.79 Å². The summed E-state index contributed by atoms with van der Waals surface area (Å²) in [5, 5.41) is 6.68. The fraction of sp³-hybridized carbons (Fsp3) is 0.235. The van der Waals surface area contributed by atoms with E-state index in [0.717, 1.165) is 62.1 Å². The molecule has 5 heterocycles. The molecule has 44 heavy (non-hydrogen) atoms. The standard InChI is InChI=1S/C34H32N6O3S/c1-21(2)42-26-7-3-5-22(15-26)9-10-31(41)39-13-11-25(12-14-39)40-20-24(17-37-40)29-19-36-34(35)32-28(29)16-30(43-32)27-8-4-6-23-18-38-44-33(23)27/h3-10,15-21,25H,11-14H2,1-2H3,(H2,35,36). The number of benzene rings is 2. The van der Waals surface area contributed by atoms with Gasteiger partial charge in [0.15, 0.2) is 11.4 Å². The number of hydrogen-bond acceptors (Lipinski definition) is 8. The number of rotatable bonds is 7. The van der Waals surface area contributed by atoms with E-state index in [4.69, 9.17) is 20.0 Å². The van der Waals surface area contributed by atoms with Crippen molar-refractivity contribution >= 4 is 50.4 Å². The minimum absolute atomic E-state index is 0.0138. The first kappa shape index (κ1) is 27.8. The molecule has 2 N–H and O–H groups in total. The third kappa shape index (κ3) is 5.44. The van der Waals surface area contributed by atoms with Gasteiger partial charge in [0.2, 0.25) is 5.91 Å². The van der Waals surface area contributed by atoms with Crippen LogP contribution in [0.1, 0.15) is 38.3 Å². The molecule has 1 aliphatic rings. The highest BCUT2D eigenvalue weighted by Crippen LogP contribution is 2.39. The first-order valence-electron chi connectivity index (χ1n) is 14.7. The van der Waals surface area contributed by atoms with E-state index in [9.17, 15) is 4.79 Å². The number of amides is 1. The maximum absolute atomic E-state index is 12.9. The Morgan fingerprint density at radius 1 is 1.09 bits per heavy atom. The van der Waals surface area contributed by atoms with Gasteiger partial charge in [-0.3, -0.25) is 9.48 Å². The minimum atomic E-state index is 0.0138. The van der Waals surface area contributed by atoms with E-state index in [1.54, 1.807) is 12.3 Å². The zero-order chi connectivity index (χ0) is 30.2. The summed E-state index contributed by atoms with van der Waals surface area (Å²) in [6, 6.07) is 16.1. The number of carbonyl (C=O) groups excluding carboxylic acids is 1. The molecule has 0 unspecified atom stereocenters. The molecule has 0 aliphatic carbocycles. The van der Waals surface area contributed by atoms with Crippen molar-refractivity contribution in [1.82, 2.24) is 24.0 Å². The van der Waals surface area contributed by atoms with Crippen molar-refractivity contribution < 1.29 is 13.9 Å². The van der Waals surface area contributed by atoms with Crippen LogP contribution in [0.3, 0.4) is 0 Å². The molecule has 1 saturated heterocycles. The molecule has 9 nitrogen and oxygen atoms in total. The Labute approximate surface area is 258 Å². The fourth-order valence-electron chi connectivity index (χ4n) is 5.76. The van der Waals surface area contributed by atoms with Gasteiger partial charge in [0.1, 0.15) is 11.5 Å². The van der Waals surface area contributed by atoms with Gasteiger partial charge in [-0.15, -0.1) is 0 Å². The number of aromatic nitrogens is 4. The lowest BCUT2D eigenvalue weighted by Crippen LogP contribution is -2.38. The van der Waals surface area contributed by atoms with Gasteiger partial charge < -0.3 is 19.8 Å². The number of likely N-dealkylation sites (tertiary alicyclic amines) is 1. The Kier molecular flexibility index (Phi) is 7.35. The smallest absolute Gasteiger partial charge is 0.246 e.